The zero-order chi connectivity index (χ0) is 12.5. The third kappa shape index (κ3) is 2.72. The highest BCUT2D eigenvalue weighted by atomic mass is 19.4. The van der Waals surface area contributed by atoms with Gasteiger partial charge in [0, 0.05) is 0 Å². The predicted octanol–water partition coefficient (Wildman–Crippen LogP) is 3.55. The number of phenols is 1. The molecule has 1 aromatic carbocycles. The summed E-state index contributed by atoms with van der Waals surface area (Å²) >= 11 is 0. The first-order valence-corrected chi connectivity index (χ1v) is 4.58. The number of hydrogen-bond donors (Lipinski definition) is 1. The third-order valence-corrected chi connectivity index (χ3v) is 1.99. The van der Waals surface area contributed by atoms with Gasteiger partial charge in [-0.2, -0.15) is 0 Å². The first-order chi connectivity index (χ1) is 7.96. The van der Waals surface area contributed by atoms with Crippen molar-refractivity contribution in [2.75, 3.05) is 0 Å². The zero-order valence-electron chi connectivity index (χ0n) is 8.36. The molecular weight excluding hydrogens is 237 g/mol. The van der Waals surface area contributed by atoms with E-state index in [2.05, 4.69) is 4.74 Å². The molecule has 0 aliphatic heterocycles. The van der Waals surface area contributed by atoms with Gasteiger partial charge in [0.1, 0.15) is 17.3 Å². The second-order valence-corrected chi connectivity index (χ2v) is 3.20. The van der Waals surface area contributed by atoms with Crippen LogP contribution in [0.3, 0.4) is 0 Å². The van der Waals surface area contributed by atoms with Gasteiger partial charge in [0.25, 0.3) is 0 Å². The molecule has 0 saturated heterocycles. The molecule has 6 heteroatoms. The molecule has 0 radical (unpaired) electrons. The third-order valence-electron chi connectivity index (χ3n) is 1.99. The predicted molar refractivity (Wildman–Crippen MR) is 52.5 cm³/mol. The molecule has 0 atom stereocenters. The molecule has 90 valence electrons. The second-order valence-electron chi connectivity index (χ2n) is 3.20. The normalized spacial score (nSPS) is 11.5. The summed E-state index contributed by atoms with van der Waals surface area (Å²) in [5, 5.41) is 9.51. The highest BCUT2D eigenvalue weighted by molar-refractivity contribution is 5.67. The van der Waals surface area contributed by atoms with Crippen LogP contribution in [0.4, 0.5) is 13.2 Å². The maximum atomic E-state index is 12.0. The molecular formula is C11H7F3O3. The Kier molecular flexibility index (Phi) is 2.71. The lowest BCUT2D eigenvalue weighted by Gasteiger charge is -2.10. The van der Waals surface area contributed by atoms with E-state index in [0.717, 1.165) is 18.2 Å². The first-order valence-electron chi connectivity index (χ1n) is 4.58. The summed E-state index contributed by atoms with van der Waals surface area (Å²) in [6.07, 6.45) is -3.41. The van der Waals surface area contributed by atoms with Gasteiger partial charge in [-0.05, 0) is 30.3 Å². The molecule has 1 N–H and O–H groups in total. The first kappa shape index (κ1) is 11.4. The number of furan rings is 1. The summed E-state index contributed by atoms with van der Waals surface area (Å²) in [5.41, 5.74) is 0.136. The monoisotopic (exact) mass is 244 g/mol. The van der Waals surface area contributed by atoms with E-state index in [4.69, 9.17) is 4.42 Å². The van der Waals surface area contributed by atoms with Crippen molar-refractivity contribution in [2.45, 2.75) is 6.36 Å². The van der Waals surface area contributed by atoms with E-state index in [1.165, 1.54) is 12.3 Å². The van der Waals surface area contributed by atoms with Crippen molar-refractivity contribution >= 4 is 0 Å². The highest BCUT2D eigenvalue weighted by Gasteiger charge is 2.31. The smallest absolute Gasteiger partial charge is 0.507 e. The summed E-state index contributed by atoms with van der Waals surface area (Å²) in [6.45, 7) is 0. The topological polar surface area (TPSA) is 42.6 Å². The molecule has 0 aliphatic rings. The van der Waals surface area contributed by atoms with Gasteiger partial charge >= 0.3 is 6.36 Å². The van der Waals surface area contributed by atoms with Crippen molar-refractivity contribution in [2.24, 2.45) is 0 Å². The van der Waals surface area contributed by atoms with Crippen molar-refractivity contribution in [3.05, 3.63) is 36.6 Å². The van der Waals surface area contributed by atoms with Gasteiger partial charge in [0.15, 0.2) is 0 Å². The Morgan fingerprint density at radius 3 is 2.53 bits per heavy atom. The summed E-state index contributed by atoms with van der Waals surface area (Å²) < 4.78 is 44.8. The molecule has 0 amide bonds. The Hall–Kier alpha value is -2.11. The van der Waals surface area contributed by atoms with Crippen LogP contribution in [0.5, 0.6) is 11.5 Å². The molecule has 2 aromatic rings. The van der Waals surface area contributed by atoms with Gasteiger partial charge in [-0.1, -0.05) is 0 Å². The minimum Gasteiger partial charge on any atom is -0.507 e. The fourth-order valence-electron chi connectivity index (χ4n) is 1.34. The summed E-state index contributed by atoms with van der Waals surface area (Å²) in [4.78, 5) is 0. The number of halogens is 3. The molecule has 17 heavy (non-hydrogen) atoms. The van der Waals surface area contributed by atoms with Crippen molar-refractivity contribution in [3.8, 4) is 22.8 Å². The number of ether oxygens (including phenoxy) is 1. The molecule has 0 aliphatic carbocycles. The molecule has 0 spiro atoms. The zero-order valence-corrected chi connectivity index (χ0v) is 8.36. The number of benzene rings is 1. The number of hydrogen-bond acceptors (Lipinski definition) is 3. The average Bonchev–Trinajstić information content (AvgIpc) is 2.72. The van der Waals surface area contributed by atoms with Crippen LogP contribution < -0.4 is 4.74 Å². The van der Waals surface area contributed by atoms with Crippen LogP contribution in [0, 0.1) is 0 Å². The molecule has 2 rings (SSSR count). The van der Waals surface area contributed by atoms with Crippen LogP contribution in [-0.4, -0.2) is 11.5 Å². The Morgan fingerprint density at radius 1 is 1.18 bits per heavy atom. The van der Waals surface area contributed by atoms with E-state index in [1.54, 1.807) is 6.07 Å². The largest absolute Gasteiger partial charge is 0.573 e. The van der Waals surface area contributed by atoms with E-state index < -0.39 is 12.1 Å². The van der Waals surface area contributed by atoms with Gasteiger partial charge in [0.05, 0.1) is 11.8 Å². The lowest BCUT2D eigenvalue weighted by molar-refractivity contribution is -0.274. The molecule has 0 bridgehead atoms. The molecule has 0 saturated carbocycles. The molecule has 0 unspecified atom stereocenters. The van der Waals surface area contributed by atoms with E-state index in [0.29, 0.717) is 0 Å². The van der Waals surface area contributed by atoms with Crippen LogP contribution >= 0.6 is 0 Å². The fourth-order valence-corrected chi connectivity index (χ4v) is 1.34. The van der Waals surface area contributed by atoms with Crippen LogP contribution in [-0.2, 0) is 0 Å². The summed E-state index contributed by atoms with van der Waals surface area (Å²) in [7, 11) is 0. The maximum Gasteiger partial charge on any atom is 0.573 e. The molecule has 1 heterocycles. The van der Waals surface area contributed by atoms with E-state index >= 15 is 0 Å². The van der Waals surface area contributed by atoms with Crippen LogP contribution in [0.25, 0.3) is 11.3 Å². The average molecular weight is 244 g/mol. The minimum atomic E-state index is -4.77. The summed E-state index contributed by atoms with van der Waals surface area (Å²) in [5.74, 6) is -0.341. The van der Waals surface area contributed by atoms with Crippen molar-refractivity contribution in [3.63, 3.8) is 0 Å². The number of alkyl halides is 3. The van der Waals surface area contributed by atoms with Gasteiger partial charge in [0.2, 0.25) is 0 Å². The lowest BCUT2D eigenvalue weighted by Crippen LogP contribution is -2.17. The SMILES string of the molecule is Oc1ccc(OC(F)(F)F)cc1-c1ccco1. The fraction of sp³-hybridized carbons (Fsp3) is 0.0909. The molecule has 0 fully saturated rings. The highest BCUT2D eigenvalue weighted by Crippen LogP contribution is 2.34. The van der Waals surface area contributed by atoms with Gasteiger partial charge < -0.3 is 14.3 Å². The second kappa shape index (κ2) is 4.04. The number of aromatic hydroxyl groups is 1. The summed E-state index contributed by atoms with van der Waals surface area (Å²) in [6, 6.07) is 6.27. The van der Waals surface area contributed by atoms with E-state index in [9.17, 15) is 18.3 Å². The van der Waals surface area contributed by atoms with E-state index in [1.807, 2.05) is 0 Å². The molecule has 3 nitrogen and oxygen atoms in total. The Labute approximate surface area is 94.1 Å². The Bertz CT molecular complexity index is 503. The lowest BCUT2D eigenvalue weighted by atomic mass is 10.1. The minimum absolute atomic E-state index is 0.136. The van der Waals surface area contributed by atoms with Crippen molar-refractivity contribution < 1.29 is 27.4 Å². The van der Waals surface area contributed by atoms with Crippen LogP contribution in [0.1, 0.15) is 0 Å². The van der Waals surface area contributed by atoms with Gasteiger partial charge in [-0.15, -0.1) is 13.2 Å². The van der Waals surface area contributed by atoms with Crippen LogP contribution in [0.2, 0.25) is 0 Å². The maximum absolute atomic E-state index is 12.0. The van der Waals surface area contributed by atoms with Crippen LogP contribution in [0.15, 0.2) is 41.0 Å². The van der Waals surface area contributed by atoms with Gasteiger partial charge in [-0.3, -0.25) is 0 Å². The Morgan fingerprint density at radius 2 is 1.94 bits per heavy atom. The Balaban J connectivity index is 2.37. The van der Waals surface area contributed by atoms with Crippen molar-refractivity contribution in [1.29, 1.82) is 0 Å². The number of rotatable bonds is 2. The number of phenolic OH excluding ortho intramolecular Hbond substituents is 1. The molecule has 1 aromatic heterocycles. The quantitative estimate of drug-likeness (QED) is 0.878. The van der Waals surface area contributed by atoms with Gasteiger partial charge in [-0.25, -0.2) is 0 Å². The van der Waals surface area contributed by atoms with E-state index in [-0.39, 0.29) is 17.1 Å². The van der Waals surface area contributed by atoms with Crippen molar-refractivity contribution in [1.82, 2.24) is 0 Å². The standard InChI is InChI=1S/C11H7F3O3/c12-11(13,14)17-7-3-4-9(15)8(6-7)10-2-1-5-16-10/h1-6,15H.